The van der Waals surface area contributed by atoms with Gasteiger partial charge < -0.3 is 4.90 Å². The molecule has 0 aliphatic carbocycles. The molecule has 0 fully saturated rings. The van der Waals surface area contributed by atoms with E-state index < -0.39 is 102 Å². The van der Waals surface area contributed by atoms with Crippen molar-refractivity contribution in [3.05, 3.63) is 0 Å². The second kappa shape index (κ2) is 11.1. The molecule has 0 aromatic rings. The average Bonchev–Trinajstić information content (AvgIpc) is 2.78. The van der Waals surface area contributed by atoms with E-state index in [1.54, 1.807) is 0 Å². The van der Waals surface area contributed by atoms with Gasteiger partial charge in [-0.1, -0.05) is 0 Å². The summed E-state index contributed by atoms with van der Waals surface area (Å²) in [5, 5.41) is 0. The summed E-state index contributed by atoms with van der Waals surface area (Å²) in [6.07, 6.45) is -21.8. The molecule has 0 aliphatic rings. The van der Waals surface area contributed by atoms with E-state index in [4.69, 9.17) is 0 Å². The predicted molar refractivity (Wildman–Crippen MR) is 88.3 cm³/mol. The van der Waals surface area contributed by atoms with Crippen molar-refractivity contribution in [3.63, 3.8) is 0 Å². The Morgan fingerprint density at radius 3 is 0.659 bits per heavy atom. The van der Waals surface area contributed by atoms with Crippen molar-refractivity contribution in [1.29, 1.82) is 0 Å². The van der Waals surface area contributed by atoms with Crippen LogP contribution < -0.4 is 0 Å². The first-order chi connectivity index (χ1) is 18.6. The number of hydrogen-bond donors (Lipinski definition) is 0. The molecule has 0 rings (SSSR count). The van der Waals surface area contributed by atoms with Crippen molar-refractivity contribution in [2.45, 2.75) is 84.4 Å². The fraction of sp³-hybridized carbons (Fsp3) is 1.00. The molecular formula is C17H11F26N. The van der Waals surface area contributed by atoms with Gasteiger partial charge in [0.15, 0.2) is 0 Å². The van der Waals surface area contributed by atoms with Gasteiger partial charge in [-0.3, -0.25) is 0 Å². The summed E-state index contributed by atoms with van der Waals surface area (Å²) in [7, 11) is -0.00243. The van der Waals surface area contributed by atoms with Gasteiger partial charge in [0, 0.05) is 25.9 Å². The lowest BCUT2D eigenvalue weighted by atomic mass is 9.92. The third-order valence-corrected chi connectivity index (χ3v) is 5.61. The second-order valence-corrected chi connectivity index (χ2v) is 8.80. The molecule has 0 radical (unpaired) electrons. The fourth-order valence-electron chi connectivity index (χ4n) is 2.69. The Morgan fingerprint density at radius 1 is 0.295 bits per heavy atom. The normalized spacial score (nSPS) is 16.6. The van der Waals surface area contributed by atoms with Crippen LogP contribution in [0.2, 0.25) is 0 Å². The van der Waals surface area contributed by atoms with E-state index in [1.165, 1.54) is 0 Å². The zero-order chi connectivity index (χ0) is 36.4. The minimum absolute atomic E-state index is 0.00243. The monoisotopic (exact) mass is 723 g/mol. The maximum atomic E-state index is 13.7. The summed E-state index contributed by atoms with van der Waals surface area (Å²) >= 11 is 0. The predicted octanol–water partition coefficient (Wildman–Crippen LogP) is 9.18. The molecule has 266 valence electrons. The Labute approximate surface area is 225 Å². The zero-order valence-corrected chi connectivity index (χ0v) is 20.1. The van der Waals surface area contributed by atoms with Gasteiger partial charge in [0.1, 0.15) is 0 Å². The molecule has 44 heavy (non-hydrogen) atoms. The Morgan fingerprint density at radius 2 is 0.477 bits per heavy atom. The van der Waals surface area contributed by atoms with Gasteiger partial charge in [0.25, 0.3) is 0 Å². The molecule has 0 unspecified atom stereocenters. The van der Waals surface area contributed by atoms with Crippen LogP contribution in [-0.2, 0) is 0 Å². The smallest absolute Gasteiger partial charge is 0.306 e. The SMILES string of the molecule is CN(CCC(F)(F)C(F)(F)C(F)(F)C(F)(F)C(F)(F)C(F)(F)F)CCC(F)(F)C(F)(F)C(F)(F)C(F)(F)C(F)(F)C(F)(F)F. The minimum Gasteiger partial charge on any atom is -0.306 e. The lowest BCUT2D eigenvalue weighted by Crippen LogP contribution is -2.70. The molecule has 0 aliphatic heterocycles. The van der Waals surface area contributed by atoms with E-state index in [-0.39, 0.29) is 7.05 Å². The van der Waals surface area contributed by atoms with Gasteiger partial charge in [-0.2, -0.15) is 114 Å². The highest BCUT2D eigenvalue weighted by atomic mass is 19.4. The molecule has 0 aromatic carbocycles. The largest absolute Gasteiger partial charge is 0.460 e. The van der Waals surface area contributed by atoms with E-state index in [0.29, 0.717) is 0 Å². The van der Waals surface area contributed by atoms with Gasteiger partial charge >= 0.3 is 71.6 Å². The van der Waals surface area contributed by atoms with Crippen LogP contribution in [0, 0.1) is 0 Å². The fourth-order valence-corrected chi connectivity index (χ4v) is 2.69. The lowest BCUT2D eigenvalue weighted by Gasteiger charge is -2.40. The Balaban J connectivity index is 6.00. The number of rotatable bonds is 14. The lowest BCUT2D eigenvalue weighted by molar-refractivity contribution is -0.440. The molecule has 0 heterocycles. The average molecular weight is 723 g/mol. The summed E-state index contributed by atoms with van der Waals surface area (Å²) in [5.74, 6) is -78.8. The van der Waals surface area contributed by atoms with Crippen LogP contribution in [0.15, 0.2) is 0 Å². The highest BCUT2D eigenvalue weighted by Gasteiger charge is 2.92. The van der Waals surface area contributed by atoms with Gasteiger partial charge in [-0.25, -0.2) is 0 Å². The van der Waals surface area contributed by atoms with Crippen LogP contribution >= 0.6 is 0 Å². The Hall–Kier alpha value is -1.86. The van der Waals surface area contributed by atoms with Crippen LogP contribution in [0.1, 0.15) is 12.8 Å². The van der Waals surface area contributed by atoms with E-state index in [1.807, 2.05) is 0 Å². The van der Waals surface area contributed by atoms with Gasteiger partial charge in [-0.05, 0) is 7.05 Å². The van der Waals surface area contributed by atoms with Crippen molar-refractivity contribution in [2.75, 3.05) is 20.1 Å². The molecule has 27 heteroatoms. The van der Waals surface area contributed by atoms with Crippen LogP contribution in [0.3, 0.4) is 0 Å². The first-order valence-electron chi connectivity index (χ1n) is 10.2. The van der Waals surface area contributed by atoms with Crippen molar-refractivity contribution < 1.29 is 114 Å². The van der Waals surface area contributed by atoms with Gasteiger partial charge in [0.2, 0.25) is 0 Å². The number of alkyl halides is 26. The van der Waals surface area contributed by atoms with Crippen molar-refractivity contribution >= 4 is 0 Å². The summed E-state index contributed by atoms with van der Waals surface area (Å²) in [6, 6.07) is 0. The quantitative estimate of drug-likeness (QED) is 0.162. The number of hydrogen-bond acceptors (Lipinski definition) is 1. The standard InChI is InChI=1S/C17H11F26N/c1-44(4-2-6(18,19)8(22,23)10(26,27)12(30,31)14(34,35)16(38,39)40)5-3-7(20,21)9(24,25)11(28,29)13(32,33)15(36,37)17(41,42)43/h2-5H2,1H3. The van der Waals surface area contributed by atoms with Crippen LogP contribution in [-0.4, -0.2) is 96.6 Å². The van der Waals surface area contributed by atoms with Crippen LogP contribution in [0.5, 0.6) is 0 Å². The van der Waals surface area contributed by atoms with Gasteiger partial charge in [0.05, 0.1) is 0 Å². The molecule has 0 N–H and O–H groups in total. The molecule has 0 atom stereocenters. The number of halogens is 26. The maximum Gasteiger partial charge on any atom is 0.460 e. The van der Waals surface area contributed by atoms with E-state index in [9.17, 15) is 114 Å². The molecule has 0 aromatic heterocycles. The van der Waals surface area contributed by atoms with Crippen molar-refractivity contribution in [2.24, 2.45) is 0 Å². The molecule has 0 saturated carbocycles. The molecule has 0 amide bonds. The summed E-state index contributed by atoms with van der Waals surface area (Å²) < 4.78 is 339. The van der Waals surface area contributed by atoms with Crippen LogP contribution in [0.4, 0.5) is 114 Å². The highest BCUT2D eigenvalue weighted by molar-refractivity contribution is 5.11. The Kier molecular flexibility index (Phi) is 10.7. The Bertz CT molecular complexity index is 907. The number of nitrogens with zero attached hydrogens (tertiary/aromatic N) is 1. The van der Waals surface area contributed by atoms with E-state index >= 15 is 0 Å². The molecule has 0 bridgehead atoms. The summed E-state index contributed by atoms with van der Waals surface area (Å²) in [6.45, 7) is -4.53. The molecule has 1 nitrogen and oxygen atoms in total. The maximum absolute atomic E-state index is 13.7. The topological polar surface area (TPSA) is 3.24 Å². The van der Waals surface area contributed by atoms with Crippen molar-refractivity contribution in [3.8, 4) is 0 Å². The van der Waals surface area contributed by atoms with E-state index in [2.05, 4.69) is 0 Å². The summed E-state index contributed by atoms with van der Waals surface area (Å²) in [4.78, 5) is -0.519. The van der Waals surface area contributed by atoms with Crippen molar-refractivity contribution in [1.82, 2.24) is 4.90 Å². The second-order valence-electron chi connectivity index (χ2n) is 8.80. The highest BCUT2D eigenvalue weighted by Crippen LogP contribution is 2.62. The first kappa shape index (κ1) is 42.1. The first-order valence-corrected chi connectivity index (χ1v) is 10.2. The molecular weight excluding hydrogens is 712 g/mol. The summed E-state index contributed by atoms with van der Waals surface area (Å²) in [5.41, 5.74) is 0. The molecule has 0 saturated heterocycles. The van der Waals surface area contributed by atoms with Gasteiger partial charge in [-0.15, -0.1) is 0 Å². The van der Waals surface area contributed by atoms with E-state index in [0.717, 1.165) is 0 Å². The van der Waals surface area contributed by atoms with Crippen LogP contribution in [0.25, 0.3) is 0 Å². The zero-order valence-electron chi connectivity index (χ0n) is 20.1. The third kappa shape index (κ3) is 6.13. The third-order valence-electron chi connectivity index (χ3n) is 5.61. The molecule has 0 spiro atoms. The minimum atomic E-state index is -8.32.